The highest BCUT2D eigenvalue weighted by Crippen LogP contribution is 2.14. The summed E-state index contributed by atoms with van der Waals surface area (Å²) < 4.78 is 5.51. The molecular formula is C17H33O. The Morgan fingerprint density at radius 2 is 1.44 bits per heavy atom. The van der Waals surface area contributed by atoms with Gasteiger partial charge in [-0.3, -0.25) is 0 Å². The Balaban J connectivity index is 3.19. The Labute approximate surface area is 115 Å². The summed E-state index contributed by atoms with van der Waals surface area (Å²) in [6.07, 6.45) is 17.9. The summed E-state index contributed by atoms with van der Waals surface area (Å²) in [7, 11) is 1.86. The van der Waals surface area contributed by atoms with E-state index < -0.39 is 0 Å². The number of hydrogen-bond donors (Lipinski definition) is 0. The largest absolute Gasteiger partial charge is 0.381 e. The summed E-state index contributed by atoms with van der Waals surface area (Å²) in [5.41, 5.74) is 0. The zero-order chi connectivity index (χ0) is 13.5. The van der Waals surface area contributed by atoms with Gasteiger partial charge < -0.3 is 4.74 Å². The van der Waals surface area contributed by atoms with E-state index in [1.807, 2.05) is 7.11 Å². The molecule has 18 heavy (non-hydrogen) atoms. The van der Waals surface area contributed by atoms with E-state index in [0.717, 1.165) is 6.42 Å². The molecule has 0 heterocycles. The number of hydrogen-bond acceptors (Lipinski definition) is 1. The van der Waals surface area contributed by atoms with Gasteiger partial charge in [0.1, 0.15) is 0 Å². The van der Waals surface area contributed by atoms with E-state index in [0.29, 0.717) is 6.10 Å². The van der Waals surface area contributed by atoms with Crippen molar-refractivity contribution in [3.63, 3.8) is 0 Å². The number of ether oxygens (including phenoxy) is 1. The van der Waals surface area contributed by atoms with Crippen LogP contribution in [0.3, 0.4) is 0 Å². The Bertz CT molecular complexity index is 165. The van der Waals surface area contributed by atoms with Gasteiger partial charge in [0, 0.05) is 7.11 Å². The first-order valence-electron chi connectivity index (χ1n) is 7.91. The van der Waals surface area contributed by atoms with Gasteiger partial charge in [-0.05, 0) is 25.7 Å². The van der Waals surface area contributed by atoms with Crippen LogP contribution >= 0.6 is 0 Å². The van der Waals surface area contributed by atoms with E-state index in [4.69, 9.17) is 11.3 Å². The predicted octanol–water partition coefficient (Wildman–Crippen LogP) is 5.69. The topological polar surface area (TPSA) is 9.23 Å². The second-order valence-electron chi connectivity index (χ2n) is 5.29. The molecule has 0 saturated heterocycles. The van der Waals surface area contributed by atoms with Gasteiger partial charge >= 0.3 is 0 Å². The first kappa shape index (κ1) is 17.7. The van der Waals surface area contributed by atoms with Gasteiger partial charge in [-0.1, -0.05) is 70.9 Å². The fourth-order valence-electron chi connectivity index (χ4n) is 2.33. The molecule has 0 aliphatic heterocycles. The molecular weight excluding hydrogens is 220 g/mol. The van der Waals surface area contributed by atoms with Crippen LogP contribution in [0.2, 0.25) is 0 Å². The minimum Gasteiger partial charge on any atom is -0.381 e. The minimum absolute atomic E-state index is 0.505. The van der Waals surface area contributed by atoms with Crippen molar-refractivity contribution in [3.8, 4) is 0 Å². The molecule has 107 valence electrons. The average Bonchev–Trinajstić information content (AvgIpc) is 2.40. The lowest BCUT2D eigenvalue weighted by atomic mass is 10.0. The normalized spacial score (nSPS) is 12.6. The highest BCUT2D eigenvalue weighted by atomic mass is 16.5. The summed E-state index contributed by atoms with van der Waals surface area (Å²) in [6.45, 7) is 7.59. The van der Waals surface area contributed by atoms with E-state index in [-0.39, 0.29) is 0 Å². The zero-order valence-electron chi connectivity index (χ0n) is 12.6. The summed E-state index contributed by atoms with van der Waals surface area (Å²) >= 11 is 0. The highest BCUT2D eigenvalue weighted by molar-refractivity contribution is 4.62. The number of allylic oxidation sites excluding steroid dienone is 1. The predicted molar refractivity (Wildman–Crippen MR) is 80.7 cm³/mol. The fourth-order valence-corrected chi connectivity index (χ4v) is 2.33. The molecule has 0 aromatic heterocycles. The van der Waals surface area contributed by atoms with Gasteiger partial charge in [-0.2, -0.15) is 0 Å². The molecule has 0 aliphatic carbocycles. The Morgan fingerprint density at radius 3 is 2.00 bits per heavy atom. The molecule has 0 saturated carbocycles. The van der Waals surface area contributed by atoms with E-state index >= 15 is 0 Å². The van der Waals surface area contributed by atoms with Crippen molar-refractivity contribution in [2.24, 2.45) is 0 Å². The van der Waals surface area contributed by atoms with Gasteiger partial charge in [-0.25, -0.2) is 0 Å². The smallest absolute Gasteiger partial charge is 0.0571 e. The van der Waals surface area contributed by atoms with Crippen LogP contribution in [0.5, 0.6) is 0 Å². The maximum atomic E-state index is 5.51. The van der Waals surface area contributed by atoms with Crippen LogP contribution in [-0.2, 0) is 4.74 Å². The number of methoxy groups -OCH3 is 1. The molecule has 0 aromatic rings. The quantitative estimate of drug-likeness (QED) is 0.361. The standard InChI is InChI=1S/C17H33O/c1-4-6-8-9-10-11-12-13-14-16-17(18-3)15-7-5-2/h1,4,17H,5-16H2,2-3H3. The van der Waals surface area contributed by atoms with Crippen molar-refractivity contribution >= 4 is 0 Å². The molecule has 1 heteroatoms. The van der Waals surface area contributed by atoms with E-state index in [9.17, 15) is 0 Å². The van der Waals surface area contributed by atoms with Gasteiger partial charge in [0.15, 0.2) is 0 Å². The van der Waals surface area contributed by atoms with Crippen LogP contribution in [0.25, 0.3) is 0 Å². The van der Waals surface area contributed by atoms with Crippen LogP contribution in [-0.4, -0.2) is 13.2 Å². The SMILES string of the molecule is [CH]=CCCCCCCCCCC(CCCC)OC. The van der Waals surface area contributed by atoms with Crippen LogP contribution < -0.4 is 0 Å². The summed E-state index contributed by atoms with van der Waals surface area (Å²) in [4.78, 5) is 0. The third kappa shape index (κ3) is 12.2. The molecule has 1 atom stereocenters. The highest BCUT2D eigenvalue weighted by Gasteiger charge is 2.05. The van der Waals surface area contributed by atoms with Crippen LogP contribution in [0.1, 0.15) is 84.0 Å². The first-order valence-corrected chi connectivity index (χ1v) is 7.91. The second-order valence-corrected chi connectivity index (χ2v) is 5.29. The molecule has 0 fully saturated rings. The third-order valence-electron chi connectivity index (χ3n) is 3.61. The van der Waals surface area contributed by atoms with Gasteiger partial charge in [0.05, 0.1) is 6.10 Å². The second kappa shape index (κ2) is 14.8. The van der Waals surface area contributed by atoms with Crippen molar-refractivity contribution in [2.75, 3.05) is 7.11 Å². The molecule has 0 rings (SSSR count). The van der Waals surface area contributed by atoms with Crippen molar-refractivity contribution in [1.82, 2.24) is 0 Å². The van der Waals surface area contributed by atoms with Crippen molar-refractivity contribution in [2.45, 2.75) is 90.1 Å². The van der Waals surface area contributed by atoms with E-state index in [1.54, 1.807) is 6.08 Å². The Morgan fingerprint density at radius 1 is 0.889 bits per heavy atom. The van der Waals surface area contributed by atoms with E-state index in [2.05, 4.69) is 6.92 Å². The van der Waals surface area contributed by atoms with Gasteiger partial charge in [0.2, 0.25) is 0 Å². The average molecular weight is 253 g/mol. The van der Waals surface area contributed by atoms with Crippen LogP contribution in [0, 0.1) is 6.58 Å². The molecule has 1 unspecified atom stereocenters. The van der Waals surface area contributed by atoms with Crippen LogP contribution in [0.15, 0.2) is 6.08 Å². The summed E-state index contributed by atoms with van der Waals surface area (Å²) in [5, 5.41) is 0. The van der Waals surface area contributed by atoms with Gasteiger partial charge in [0.25, 0.3) is 0 Å². The maximum Gasteiger partial charge on any atom is 0.0571 e. The van der Waals surface area contributed by atoms with Crippen LogP contribution in [0.4, 0.5) is 0 Å². The first-order chi connectivity index (χ1) is 8.85. The lowest BCUT2D eigenvalue weighted by molar-refractivity contribution is 0.0836. The Hall–Kier alpha value is -0.300. The Kier molecular flexibility index (Phi) is 14.5. The molecule has 1 nitrogen and oxygen atoms in total. The monoisotopic (exact) mass is 253 g/mol. The molecule has 0 N–H and O–H groups in total. The number of rotatable bonds is 14. The molecule has 0 aromatic carbocycles. The lowest BCUT2D eigenvalue weighted by Gasteiger charge is -2.14. The molecule has 0 amide bonds. The van der Waals surface area contributed by atoms with Crippen molar-refractivity contribution < 1.29 is 4.74 Å². The molecule has 0 bridgehead atoms. The summed E-state index contributed by atoms with van der Waals surface area (Å²) in [6, 6.07) is 0. The zero-order valence-corrected chi connectivity index (χ0v) is 12.6. The van der Waals surface area contributed by atoms with Crippen molar-refractivity contribution in [1.29, 1.82) is 0 Å². The molecule has 1 radical (unpaired) electrons. The van der Waals surface area contributed by atoms with E-state index in [1.165, 1.54) is 70.6 Å². The minimum atomic E-state index is 0.505. The molecule has 0 aliphatic rings. The maximum absolute atomic E-state index is 5.51. The molecule has 0 spiro atoms. The number of unbranched alkanes of at least 4 members (excludes halogenated alkanes) is 8. The fraction of sp³-hybridized carbons (Fsp3) is 0.882. The van der Waals surface area contributed by atoms with Gasteiger partial charge in [-0.15, -0.1) is 0 Å². The summed E-state index contributed by atoms with van der Waals surface area (Å²) in [5.74, 6) is 0. The third-order valence-corrected chi connectivity index (χ3v) is 3.61. The van der Waals surface area contributed by atoms with Crippen molar-refractivity contribution in [3.05, 3.63) is 12.7 Å². The lowest BCUT2D eigenvalue weighted by Crippen LogP contribution is -2.09.